The molecule has 0 unspecified atom stereocenters. The smallest absolute Gasteiger partial charge is 0.267 e. The number of halogens is 1. The molecule has 26 heavy (non-hydrogen) atoms. The summed E-state index contributed by atoms with van der Waals surface area (Å²) in [6.45, 7) is 3.68. The van der Waals surface area contributed by atoms with Crippen molar-refractivity contribution in [1.29, 1.82) is 0 Å². The number of carbonyl (C=O) groups excluding carboxylic acids is 2. The number of hydrogen-bond acceptors (Lipinski definition) is 4. The lowest BCUT2D eigenvalue weighted by Crippen LogP contribution is -2.11. The highest BCUT2D eigenvalue weighted by Gasteiger charge is 2.18. The lowest BCUT2D eigenvalue weighted by atomic mass is 10.1. The Morgan fingerprint density at radius 1 is 0.962 bits per heavy atom. The molecule has 0 aliphatic rings. The van der Waals surface area contributed by atoms with Gasteiger partial charge in [0, 0.05) is 5.56 Å². The van der Waals surface area contributed by atoms with Crippen molar-refractivity contribution < 1.29 is 9.59 Å². The predicted molar refractivity (Wildman–Crippen MR) is 105 cm³/mol. The van der Waals surface area contributed by atoms with Gasteiger partial charge in [0.1, 0.15) is 4.88 Å². The van der Waals surface area contributed by atoms with Crippen molar-refractivity contribution in [2.75, 3.05) is 10.6 Å². The van der Waals surface area contributed by atoms with Crippen LogP contribution in [0.2, 0.25) is 5.02 Å². The normalized spacial score (nSPS) is 10.4. The Bertz CT molecular complexity index is 967. The number of aryl methyl sites for hydroxylation is 2. The van der Waals surface area contributed by atoms with E-state index in [-0.39, 0.29) is 11.8 Å². The summed E-state index contributed by atoms with van der Waals surface area (Å²) in [4.78, 5) is 29.5. The van der Waals surface area contributed by atoms with E-state index in [1.807, 2.05) is 19.1 Å². The third-order valence-corrected chi connectivity index (χ3v) is 5.06. The summed E-state index contributed by atoms with van der Waals surface area (Å²) < 4.78 is 0. The van der Waals surface area contributed by atoms with E-state index in [9.17, 15) is 9.59 Å². The molecule has 132 valence electrons. The van der Waals surface area contributed by atoms with Gasteiger partial charge in [-0.1, -0.05) is 52.8 Å². The van der Waals surface area contributed by atoms with Crippen molar-refractivity contribution in [1.82, 2.24) is 4.98 Å². The van der Waals surface area contributed by atoms with Gasteiger partial charge in [0.05, 0.1) is 16.4 Å². The fraction of sp³-hybridized carbons (Fsp3) is 0.105. The fourth-order valence-corrected chi connectivity index (χ4v) is 3.32. The van der Waals surface area contributed by atoms with Crippen LogP contribution < -0.4 is 10.6 Å². The summed E-state index contributed by atoms with van der Waals surface area (Å²) in [5.41, 5.74) is 2.67. The first-order chi connectivity index (χ1) is 12.4. The highest BCUT2D eigenvalue weighted by atomic mass is 35.5. The molecule has 0 saturated heterocycles. The summed E-state index contributed by atoms with van der Waals surface area (Å²) >= 11 is 7.19. The first-order valence-electron chi connectivity index (χ1n) is 7.85. The number of para-hydroxylation sites is 1. The minimum atomic E-state index is -0.316. The van der Waals surface area contributed by atoms with E-state index < -0.39 is 0 Å². The minimum absolute atomic E-state index is 0.267. The Labute approximate surface area is 160 Å². The molecule has 2 N–H and O–H groups in total. The number of rotatable bonds is 4. The molecule has 3 aromatic rings. The van der Waals surface area contributed by atoms with E-state index in [1.54, 1.807) is 43.3 Å². The van der Waals surface area contributed by atoms with Crippen molar-refractivity contribution in [3.05, 3.63) is 75.3 Å². The molecule has 0 atom stereocenters. The summed E-state index contributed by atoms with van der Waals surface area (Å²) in [5, 5.41) is 6.32. The van der Waals surface area contributed by atoms with Gasteiger partial charge in [-0.15, -0.1) is 0 Å². The van der Waals surface area contributed by atoms with E-state index in [4.69, 9.17) is 11.6 Å². The van der Waals surface area contributed by atoms with Crippen molar-refractivity contribution in [2.45, 2.75) is 13.8 Å². The van der Waals surface area contributed by atoms with E-state index in [1.165, 1.54) is 0 Å². The second kappa shape index (κ2) is 7.68. The van der Waals surface area contributed by atoms with Crippen LogP contribution in [0.3, 0.4) is 0 Å². The number of anilines is 2. The number of hydrogen-bond donors (Lipinski definition) is 2. The third kappa shape index (κ3) is 4.09. The molecule has 2 aromatic carbocycles. The van der Waals surface area contributed by atoms with E-state index in [2.05, 4.69) is 15.6 Å². The molecule has 7 heteroatoms. The molecule has 0 fully saturated rings. The minimum Gasteiger partial charge on any atom is -0.320 e. The Balaban J connectivity index is 1.74. The van der Waals surface area contributed by atoms with E-state index in [0.717, 1.165) is 16.9 Å². The van der Waals surface area contributed by atoms with Gasteiger partial charge in [-0.3, -0.25) is 14.9 Å². The molecule has 3 rings (SSSR count). The van der Waals surface area contributed by atoms with Crippen molar-refractivity contribution in [2.24, 2.45) is 0 Å². The maximum Gasteiger partial charge on any atom is 0.267 e. The molecule has 0 saturated carbocycles. The Morgan fingerprint density at radius 3 is 2.35 bits per heavy atom. The highest BCUT2D eigenvalue weighted by Crippen LogP contribution is 2.26. The molecule has 5 nitrogen and oxygen atoms in total. The topological polar surface area (TPSA) is 71.1 Å². The van der Waals surface area contributed by atoms with Gasteiger partial charge in [-0.2, -0.15) is 0 Å². The summed E-state index contributed by atoms with van der Waals surface area (Å²) in [6, 6.07) is 14.2. The molecule has 0 aliphatic carbocycles. The van der Waals surface area contributed by atoms with Crippen LogP contribution in [0.15, 0.2) is 48.5 Å². The SMILES string of the molecule is Cc1ccc(C(=O)Nc2nc(C)c(C(=O)Nc3ccccc3Cl)s2)cc1. The van der Waals surface area contributed by atoms with Gasteiger partial charge in [0.25, 0.3) is 11.8 Å². The summed E-state index contributed by atoms with van der Waals surface area (Å²) in [7, 11) is 0. The summed E-state index contributed by atoms with van der Waals surface area (Å²) in [6.07, 6.45) is 0. The zero-order valence-corrected chi connectivity index (χ0v) is 15.7. The van der Waals surface area contributed by atoms with Gasteiger partial charge in [-0.25, -0.2) is 4.98 Å². The van der Waals surface area contributed by atoms with Gasteiger partial charge in [-0.05, 0) is 38.1 Å². The van der Waals surface area contributed by atoms with Crippen LogP contribution in [0.4, 0.5) is 10.8 Å². The Hall–Kier alpha value is -2.70. The number of thiazole rings is 1. The molecule has 1 aromatic heterocycles. The van der Waals surface area contributed by atoms with Gasteiger partial charge in [0.15, 0.2) is 5.13 Å². The van der Waals surface area contributed by atoms with Crippen LogP contribution in [-0.4, -0.2) is 16.8 Å². The van der Waals surface area contributed by atoms with Crippen LogP contribution in [0.1, 0.15) is 31.3 Å². The molecule has 0 aliphatic heterocycles. The van der Waals surface area contributed by atoms with Gasteiger partial charge >= 0.3 is 0 Å². The lowest BCUT2D eigenvalue weighted by molar-refractivity contribution is 0.102. The second-order valence-corrected chi connectivity index (χ2v) is 7.09. The maximum atomic E-state index is 12.5. The van der Waals surface area contributed by atoms with Gasteiger partial charge in [0.2, 0.25) is 0 Å². The van der Waals surface area contributed by atoms with E-state index in [0.29, 0.717) is 32.0 Å². The number of amides is 2. The number of nitrogens with zero attached hydrogens (tertiary/aromatic N) is 1. The number of benzene rings is 2. The number of aromatic nitrogens is 1. The Kier molecular flexibility index (Phi) is 5.35. The highest BCUT2D eigenvalue weighted by molar-refractivity contribution is 7.17. The number of nitrogens with one attached hydrogen (secondary N) is 2. The fourth-order valence-electron chi connectivity index (χ4n) is 2.28. The molecule has 1 heterocycles. The van der Waals surface area contributed by atoms with Crippen LogP contribution in [0, 0.1) is 13.8 Å². The van der Waals surface area contributed by atoms with Crippen LogP contribution in [0.5, 0.6) is 0 Å². The third-order valence-electron chi connectivity index (χ3n) is 3.66. The predicted octanol–water partition coefficient (Wildman–Crippen LogP) is 4.92. The monoisotopic (exact) mass is 385 g/mol. The zero-order chi connectivity index (χ0) is 18.7. The Morgan fingerprint density at radius 2 is 1.65 bits per heavy atom. The van der Waals surface area contributed by atoms with Gasteiger partial charge < -0.3 is 5.32 Å². The standard InChI is InChI=1S/C19H16ClN3O2S/c1-11-7-9-13(10-8-11)17(24)23-19-21-12(2)16(26-19)18(25)22-15-6-4-3-5-14(15)20/h3-10H,1-2H3,(H,22,25)(H,21,23,24). The zero-order valence-electron chi connectivity index (χ0n) is 14.2. The molecular formula is C19H16ClN3O2S. The first kappa shape index (κ1) is 18.1. The second-order valence-electron chi connectivity index (χ2n) is 5.69. The van der Waals surface area contributed by atoms with Crippen molar-refractivity contribution in [3.63, 3.8) is 0 Å². The van der Waals surface area contributed by atoms with Crippen molar-refractivity contribution in [3.8, 4) is 0 Å². The van der Waals surface area contributed by atoms with Crippen molar-refractivity contribution >= 4 is 45.6 Å². The first-order valence-corrected chi connectivity index (χ1v) is 9.05. The average Bonchev–Trinajstić information content (AvgIpc) is 2.98. The quantitative estimate of drug-likeness (QED) is 0.669. The summed E-state index contributed by atoms with van der Waals surface area (Å²) in [5.74, 6) is -0.583. The number of carbonyl (C=O) groups is 2. The van der Waals surface area contributed by atoms with E-state index >= 15 is 0 Å². The van der Waals surface area contributed by atoms with Crippen LogP contribution in [0.25, 0.3) is 0 Å². The molecule has 0 spiro atoms. The molecule has 0 radical (unpaired) electrons. The van der Waals surface area contributed by atoms with Crippen LogP contribution in [-0.2, 0) is 0 Å². The largest absolute Gasteiger partial charge is 0.320 e. The van der Waals surface area contributed by atoms with Crippen LogP contribution >= 0.6 is 22.9 Å². The molecule has 2 amide bonds. The molecular weight excluding hydrogens is 370 g/mol. The average molecular weight is 386 g/mol. The lowest BCUT2D eigenvalue weighted by Gasteiger charge is -2.05. The molecule has 0 bridgehead atoms. The maximum absolute atomic E-state index is 12.5.